The van der Waals surface area contributed by atoms with E-state index in [0.717, 1.165) is 12.0 Å². The molecule has 2 heteroatoms. The van der Waals surface area contributed by atoms with Gasteiger partial charge in [0.05, 0.1) is 6.10 Å². The SMILES string of the molecule is CCC(O)/C(C)=C/c1ccccc1SC(C)(C)C. The molecular weight excluding hydrogens is 240 g/mol. The number of hydrogen-bond donors (Lipinski definition) is 1. The second-order valence-electron chi connectivity index (χ2n) is 5.56. The lowest BCUT2D eigenvalue weighted by molar-refractivity contribution is 0.208. The summed E-state index contributed by atoms with van der Waals surface area (Å²) in [5.41, 5.74) is 2.22. The molecule has 0 spiro atoms. The van der Waals surface area contributed by atoms with Gasteiger partial charge in [0.15, 0.2) is 0 Å². The topological polar surface area (TPSA) is 20.2 Å². The smallest absolute Gasteiger partial charge is 0.0748 e. The molecule has 1 aromatic carbocycles. The number of thioether (sulfide) groups is 1. The summed E-state index contributed by atoms with van der Waals surface area (Å²) in [6, 6.07) is 8.37. The van der Waals surface area contributed by atoms with Crippen molar-refractivity contribution in [2.45, 2.75) is 56.8 Å². The first-order chi connectivity index (χ1) is 8.33. The third-order valence-electron chi connectivity index (χ3n) is 2.63. The van der Waals surface area contributed by atoms with Crippen molar-refractivity contribution in [1.82, 2.24) is 0 Å². The number of aliphatic hydroxyl groups excluding tert-OH is 1. The van der Waals surface area contributed by atoms with Gasteiger partial charge >= 0.3 is 0 Å². The molecule has 0 amide bonds. The van der Waals surface area contributed by atoms with Crippen LogP contribution in [0.1, 0.15) is 46.6 Å². The van der Waals surface area contributed by atoms with Crippen molar-refractivity contribution >= 4 is 17.8 Å². The highest BCUT2D eigenvalue weighted by atomic mass is 32.2. The van der Waals surface area contributed by atoms with Crippen molar-refractivity contribution in [3.8, 4) is 0 Å². The van der Waals surface area contributed by atoms with Gasteiger partial charge < -0.3 is 5.11 Å². The monoisotopic (exact) mass is 264 g/mol. The van der Waals surface area contributed by atoms with E-state index in [0.29, 0.717) is 0 Å². The van der Waals surface area contributed by atoms with Gasteiger partial charge in [-0.2, -0.15) is 0 Å². The summed E-state index contributed by atoms with van der Waals surface area (Å²) in [7, 11) is 0. The van der Waals surface area contributed by atoms with Crippen LogP contribution in [0.4, 0.5) is 0 Å². The van der Waals surface area contributed by atoms with Gasteiger partial charge in [-0.05, 0) is 30.5 Å². The Kier molecular flexibility index (Phi) is 5.48. The van der Waals surface area contributed by atoms with Gasteiger partial charge in [-0.15, -0.1) is 11.8 Å². The highest BCUT2D eigenvalue weighted by molar-refractivity contribution is 8.00. The van der Waals surface area contributed by atoms with Gasteiger partial charge in [-0.3, -0.25) is 0 Å². The van der Waals surface area contributed by atoms with Crippen molar-refractivity contribution in [3.05, 3.63) is 35.4 Å². The van der Waals surface area contributed by atoms with Crippen molar-refractivity contribution in [2.24, 2.45) is 0 Å². The molecule has 0 heterocycles. The average molecular weight is 264 g/mol. The highest BCUT2D eigenvalue weighted by Gasteiger charge is 2.14. The molecule has 1 rings (SSSR count). The average Bonchev–Trinajstić information content (AvgIpc) is 2.28. The number of aliphatic hydroxyl groups is 1. The Morgan fingerprint density at radius 1 is 1.33 bits per heavy atom. The van der Waals surface area contributed by atoms with Gasteiger partial charge in [0.1, 0.15) is 0 Å². The molecule has 0 aliphatic carbocycles. The van der Waals surface area contributed by atoms with E-state index in [4.69, 9.17) is 0 Å². The van der Waals surface area contributed by atoms with E-state index in [1.165, 1.54) is 10.5 Å². The maximum atomic E-state index is 9.84. The van der Waals surface area contributed by atoms with E-state index in [9.17, 15) is 5.11 Å². The summed E-state index contributed by atoms with van der Waals surface area (Å²) in [5.74, 6) is 0. The summed E-state index contributed by atoms with van der Waals surface area (Å²) < 4.78 is 0.196. The maximum Gasteiger partial charge on any atom is 0.0748 e. The van der Waals surface area contributed by atoms with Crippen LogP contribution >= 0.6 is 11.8 Å². The van der Waals surface area contributed by atoms with E-state index >= 15 is 0 Å². The normalized spacial score (nSPS) is 14.7. The van der Waals surface area contributed by atoms with Crippen LogP contribution in [0.2, 0.25) is 0 Å². The molecule has 1 atom stereocenters. The van der Waals surface area contributed by atoms with Crippen LogP contribution in [0.15, 0.2) is 34.7 Å². The zero-order chi connectivity index (χ0) is 13.8. The largest absolute Gasteiger partial charge is 0.389 e. The third kappa shape index (κ3) is 4.87. The number of rotatable bonds is 4. The van der Waals surface area contributed by atoms with Crippen LogP contribution in [0.3, 0.4) is 0 Å². The van der Waals surface area contributed by atoms with Gasteiger partial charge in [0.25, 0.3) is 0 Å². The summed E-state index contributed by atoms with van der Waals surface area (Å²) in [6.07, 6.45) is 2.52. The van der Waals surface area contributed by atoms with Gasteiger partial charge in [0.2, 0.25) is 0 Å². The molecule has 0 fully saturated rings. The Labute approximate surface area is 115 Å². The number of benzene rings is 1. The molecule has 0 aromatic heterocycles. The van der Waals surface area contributed by atoms with Crippen LogP contribution in [0.5, 0.6) is 0 Å². The molecule has 1 aromatic rings. The Hall–Kier alpha value is -0.730. The second-order valence-corrected chi connectivity index (χ2v) is 7.43. The second kappa shape index (κ2) is 6.44. The van der Waals surface area contributed by atoms with Crippen molar-refractivity contribution < 1.29 is 5.11 Å². The summed E-state index contributed by atoms with van der Waals surface area (Å²) in [4.78, 5) is 1.27. The lowest BCUT2D eigenvalue weighted by Crippen LogP contribution is -2.08. The summed E-state index contributed by atoms with van der Waals surface area (Å²) in [5, 5.41) is 9.84. The Morgan fingerprint density at radius 3 is 2.50 bits per heavy atom. The Bertz CT molecular complexity index is 415. The summed E-state index contributed by atoms with van der Waals surface area (Å²) >= 11 is 1.86. The van der Waals surface area contributed by atoms with E-state index in [1.54, 1.807) is 0 Å². The minimum Gasteiger partial charge on any atom is -0.389 e. The van der Waals surface area contributed by atoms with Gasteiger partial charge in [-0.25, -0.2) is 0 Å². The first-order valence-corrected chi connectivity index (χ1v) is 7.29. The van der Waals surface area contributed by atoms with Crippen molar-refractivity contribution in [3.63, 3.8) is 0 Å². The molecule has 0 aliphatic rings. The first-order valence-electron chi connectivity index (χ1n) is 6.48. The molecule has 1 N–H and O–H groups in total. The zero-order valence-electron chi connectivity index (χ0n) is 12.0. The fourth-order valence-electron chi connectivity index (χ4n) is 1.69. The van der Waals surface area contributed by atoms with Gasteiger partial charge in [0, 0.05) is 9.64 Å². The molecule has 0 bridgehead atoms. The standard InChI is InChI=1S/C16H24OS/c1-6-14(17)12(2)11-13-9-7-8-10-15(13)18-16(3,4)5/h7-11,14,17H,6H2,1-5H3/b12-11+. The molecule has 1 nitrogen and oxygen atoms in total. The molecular formula is C16H24OS. The lowest BCUT2D eigenvalue weighted by atomic mass is 10.1. The van der Waals surface area contributed by atoms with Crippen LogP contribution in [-0.4, -0.2) is 16.0 Å². The van der Waals surface area contributed by atoms with Crippen LogP contribution < -0.4 is 0 Å². The molecule has 0 saturated heterocycles. The zero-order valence-corrected chi connectivity index (χ0v) is 12.8. The minimum atomic E-state index is -0.335. The molecule has 18 heavy (non-hydrogen) atoms. The molecule has 0 saturated carbocycles. The summed E-state index contributed by atoms with van der Waals surface area (Å²) in [6.45, 7) is 10.6. The predicted molar refractivity (Wildman–Crippen MR) is 82.0 cm³/mol. The molecule has 100 valence electrons. The lowest BCUT2D eigenvalue weighted by Gasteiger charge is -2.19. The quantitative estimate of drug-likeness (QED) is 0.792. The highest BCUT2D eigenvalue weighted by Crippen LogP contribution is 2.35. The third-order valence-corrected chi connectivity index (χ3v) is 3.83. The predicted octanol–water partition coefficient (Wildman–Crippen LogP) is 4.75. The number of hydrogen-bond acceptors (Lipinski definition) is 2. The van der Waals surface area contributed by atoms with E-state index in [2.05, 4.69) is 45.0 Å². The van der Waals surface area contributed by atoms with Crippen molar-refractivity contribution in [2.75, 3.05) is 0 Å². The first kappa shape index (κ1) is 15.3. The maximum absolute atomic E-state index is 9.84. The molecule has 0 aliphatic heterocycles. The molecule has 1 unspecified atom stereocenters. The van der Waals surface area contributed by atoms with Crippen molar-refractivity contribution in [1.29, 1.82) is 0 Å². The Balaban J connectivity index is 3.02. The van der Waals surface area contributed by atoms with Crippen LogP contribution in [0.25, 0.3) is 6.08 Å². The Morgan fingerprint density at radius 2 is 1.94 bits per heavy atom. The van der Waals surface area contributed by atoms with E-state index in [1.807, 2.05) is 31.7 Å². The van der Waals surface area contributed by atoms with Crippen LogP contribution in [-0.2, 0) is 0 Å². The fourth-order valence-corrected chi connectivity index (χ4v) is 2.74. The van der Waals surface area contributed by atoms with Crippen LogP contribution in [0, 0.1) is 0 Å². The fraction of sp³-hybridized carbons (Fsp3) is 0.500. The van der Waals surface area contributed by atoms with E-state index < -0.39 is 0 Å². The van der Waals surface area contributed by atoms with E-state index in [-0.39, 0.29) is 10.9 Å². The van der Waals surface area contributed by atoms with Gasteiger partial charge in [-0.1, -0.05) is 52.0 Å². The minimum absolute atomic E-state index is 0.196. The molecule has 0 radical (unpaired) electrons.